The molecule has 1 aliphatic heterocycles. The van der Waals surface area contributed by atoms with Gasteiger partial charge in [0.25, 0.3) is 0 Å². The van der Waals surface area contributed by atoms with E-state index in [-0.39, 0.29) is 0 Å². The molecule has 1 aromatic rings. The van der Waals surface area contributed by atoms with Gasteiger partial charge < -0.3 is 5.32 Å². The maximum atomic E-state index is 3.71. The summed E-state index contributed by atoms with van der Waals surface area (Å²) in [5, 5.41) is 3.71. The quantitative estimate of drug-likeness (QED) is 0.872. The highest BCUT2D eigenvalue weighted by atomic mass is 15.2. The molecule has 1 aliphatic rings. The third-order valence-electron chi connectivity index (χ3n) is 4.20. The summed E-state index contributed by atoms with van der Waals surface area (Å²) >= 11 is 0. The highest BCUT2D eigenvalue weighted by Crippen LogP contribution is 2.21. The fraction of sp³-hybridized carbons (Fsp3) is 0.647. The Kier molecular flexibility index (Phi) is 5.41. The van der Waals surface area contributed by atoms with Crippen LogP contribution in [0.25, 0.3) is 0 Å². The van der Waals surface area contributed by atoms with Gasteiger partial charge in [-0.25, -0.2) is 0 Å². The molecule has 0 aliphatic carbocycles. The SMILES string of the molecule is CCC1CNC(c2ccccc2)CN1CCC(C)C. The van der Waals surface area contributed by atoms with E-state index in [2.05, 4.69) is 61.3 Å². The average molecular weight is 260 g/mol. The molecular weight excluding hydrogens is 232 g/mol. The number of nitrogens with one attached hydrogen (secondary N) is 1. The van der Waals surface area contributed by atoms with Crippen molar-refractivity contribution < 1.29 is 0 Å². The number of hydrogen-bond donors (Lipinski definition) is 1. The molecule has 2 nitrogen and oxygen atoms in total. The van der Waals surface area contributed by atoms with E-state index < -0.39 is 0 Å². The van der Waals surface area contributed by atoms with E-state index in [1.165, 1.54) is 24.9 Å². The first kappa shape index (κ1) is 14.5. The van der Waals surface area contributed by atoms with Crippen LogP contribution in [0.3, 0.4) is 0 Å². The summed E-state index contributed by atoms with van der Waals surface area (Å²) in [4.78, 5) is 2.69. The lowest BCUT2D eigenvalue weighted by Gasteiger charge is -2.40. The van der Waals surface area contributed by atoms with Crippen LogP contribution in [0.15, 0.2) is 30.3 Å². The fourth-order valence-corrected chi connectivity index (χ4v) is 2.86. The molecule has 0 saturated carbocycles. The number of benzene rings is 1. The van der Waals surface area contributed by atoms with Crippen molar-refractivity contribution in [2.75, 3.05) is 19.6 Å². The Morgan fingerprint density at radius 2 is 2.00 bits per heavy atom. The summed E-state index contributed by atoms with van der Waals surface area (Å²) < 4.78 is 0. The molecule has 0 radical (unpaired) electrons. The molecule has 2 rings (SSSR count). The molecule has 0 bridgehead atoms. The van der Waals surface area contributed by atoms with Crippen molar-refractivity contribution in [1.82, 2.24) is 10.2 Å². The normalized spacial score (nSPS) is 24.8. The van der Waals surface area contributed by atoms with E-state index in [1.807, 2.05) is 0 Å². The van der Waals surface area contributed by atoms with Crippen molar-refractivity contribution in [3.05, 3.63) is 35.9 Å². The summed E-state index contributed by atoms with van der Waals surface area (Å²) in [6.45, 7) is 10.4. The van der Waals surface area contributed by atoms with Crippen molar-refractivity contribution >= 4 is 0 Å². The largest absolute Gasteiger partial charge is 0.307 e. The van der Waals surface area contributed by atoms with Crippen LogP contribution in [-0.4, -0.2) is 30.6 Å². The van der Waals surface area contributed by atoms with Gasteiger partial charge in [-0.3, -0.25) is 4.90 Å². The van der Waals surface area contributed by atoms with E-state index >= 15 is 0 Å². The Labute approximate surface area is 118 Å². The third-order valence-corrected chi connectivity index (χ3v) is 4.20. The van der Waals surface area contributed by atoms with E-state index in [4.69, 9.17) is 0 Å². The molecular formula is C17H28N2. The van der Waals surface area contributed by atoms with Crippen LogP contribution in [-0.2, 0) is 0 Å². The molecule has 1 N–H and O–H groups in total. The minimum Gasteiger partial charge on any atom is -0.307 e. The number of hydrogen-bond acceptors (Lipinski definition) is 2. The van der Waals surface area contributed by atoms with Crippen molar-refractivity contribution in [3.63, 3.8) is 0 Å². The van der Waals surface area contributed by atoms with Crippen molar-refractivity contribution in [3.8, 4) is 0 Å². The molecule has 0 spiro atoms. The first-order chi connectivity index (χ1) is 9.20. The van der Waals surface area contributed by atoms with Gasteiger partial charge >= 0.3 is 0 Å². The van der Waals surface area contributed by atoms with Crippen LogP contribution in [0, 0.1) is 5.92 Å². The van der Waals surface area contributed by atoms with Crippen molar-refractivity contribution in [1.29, 1.82) is 0 Å². The summed E-state index contributed by atoms with van der Waals surface area (Å²) in [6, 6.07) is 12.1. The van der Waals surface area contributed by atoms with Gasteiger partial charge in [-0.2, -0.15) is 0 Å². The molecule has 1 fully saturated rings. The molecule has 2 atom stereocenters. The van der Waals surface area contributed by atoms with E-state index in [0.29, 0.717) is 12.1 Å². The predicted octanol–water partition coefficient (Wildman–Crippen LogP) is 3.46. The molecule has 0 amide bonds. The molecule has 19 heavy (non-hydrogen) atoms. The van der Waals surface area contributed by atoms with Gasteiger partial charge in [0.15, 0.2) is 0 Å². The second-order valence-electron chi connectivity index (χ2n) is 6.11. The van der Waals surface area contributed by atoms with E-state index in [9.17, 15) is 0 Å². The number of rotatable bonds is 5. The Morgan fingerprint density at radius 3 is 2.63 bits per heavy atom. The lowest BCUT2D eigenvalue weighted by atomic mass is 9.99. The van der Waals surface area contributed by atoms with Gasteiger partial charge in [0.2, 0.25) is 0 Å². The molecule has 0 aromatic heterocycles. The predicted molar refractivity (Wildman–Crippen MR) is 82.3 cm³/mol. The zero-order chi connectivity index (χ0) is 13.7. The third kappa shape index (κ3) is 4.05. The van der Waals surface area contributed by atoms with Gasteiger partial charge in [0.1, 0.15) is 0 Å². The zero-order valence-corrected chi connectivity index (χ0v) is 12.6. The highest BCUT2D eigenvalue weighted by Gasteiger charge is 2.27. The number of piperazine rings is 1. The van der Waals surface area contributed by atoms with Crippen LogP contribution in [0.2, 0.25) is 0 Å². The first-order valence-corrected chi connectivity index (χ1v) is 7.73. The summed E-state index contributed by atoms with van der Waals surface area (Å²) in [5.41, 5.74) is 1.42. The van der Waals surface area contributed by atoms with Gasteiger partial charge in [-0.15, -0.1) is 0 Å². The van der Waals surface area contributed by atoms with Crippen molar-refractivity contribution in [2.24, 2.45) is 5.92 Å². The van der Waals surface area contributed by atoms with E-state index in [1.54, 1.807) is 0 Å². The van der Waals surface area contributed by atoms with E-state index in [0.717, 1.165) is 19.0 Å². The summed E-state index contributed by atoms with van der Waals surface area (Å²) in [5.74, 6) is 0.794. The molecule has 2 heteroatoms. The lowest BCUT2D eigenvalue weighted by Crippen LogP contribution is -2.52. The molecule has 106 valence electrons. The van der Waals surface area contributed by atoms with Crippen LogP contribution in [0.4, 0.5) is 0 Å². The minimum absolute atomic E-state index is 0.496. The minimum atomic E-state index is 0.496. The summed E-state index contributed by atoms with van der Waals surface area (Å²) in [6.07, 6.45) is 2.55. The van der Waals surface area contributed by atoms with Crippen LogP contribution >= 0.6 is 0 Å². The first-order valence-electron chi connectivity index (χ1n) is 7.73. The standard InChI is InChI=1S/C17H28N2/c1-4-16-12-18-17(15-8-6-5-7-9-15)13-19(16)11-10-14(2)3/h5-9,14,16-18H,4,10-13H2,1-3H3. The molecule has 1 aromatic carbocycles. The fourth-order valence-electron chi connectivity index (χ4n) is 2.86. The Hall–Kier alpha value is -0.860. The average Bonchev–Trinajstić information content (AvgIpc) is 2.45. The topological polar surface area (TPSA) is 15.3 Å². The zero-order valence-electron chi connectivity index (χ0n) is 12.6. The maximum absolute atomic E-state index is 3.71. The van der Waals surface area contributed by atoms with Crippen molar-refractivity contribution in [2.45, 2.75) is 45.7 Å². The van der Waals surface area contributed by atoms with Crippen LogP contribution < -0.4 is 5.32 Å². The highest BCUT2D eigenvalue weighted by molar-refractivity contribution is 5.20. The smallest absolute Gasteiger partial charge is 0.0449 e. The second kappa shape index (κ2) is 7.06. The van der Waals surface area contributed by atoms with Crippen LogP contribution in [0.1, 0.15) is 45.2 Å². The maximum Gasteiger partial charge on any atom is 0.0449 e. The summed E-state index contributed by atoms with van der Waals surface area (Å²) in [7, 11) is 0. The monoisotopic (exact) mass is 260 g/mol. The van der Waals surface area contributed by atoms with Gasteiger partial charge in [0, 0.05) is 25.2 Å². The second-order valence-corrected chi connectivity index (χ2v) is 6.11. The van der Waals surface area contributed by atoms with Gasteiger partial charge in [0.05, 0.1) is 0 Å². The lowest BCUT2D eigenvalue weighted by molar-refractivity contribution is 0.120. The molecule has 2 unspecified atom stereocenters. The number of nitrogens with zero attached hydrogens (tertiary/aromatic N) is 1. The molecule has 1 heterocycles. The molecule has 1 saturated heterocycles. The van der Waals surface area contributed by atoms with Gasteiger partial charge in [-0.1, -0.05) is 51.1 Å². The Morgan fingerprint density at radius 1 is 1.26 bits per heavy atom. The van der Waals surface area contributed by atoms with Crippen LogP contribution in [0.5, 0.6) is 0 Å². The van der Waals surface area contributed by atoms with Gasteiger partial charge in [-0.05, 0) is 30.9 Å². The Bertz CT molecular complexity index is 361. The Balaban J connectivity index is 1.99.